The van der Waals surface area contributed by atoms with Crippen LogP contribution in [0.15, 0.2) is 0 Å². The molecule has 1 amide bonds. The predicted molar refractivity (Wildman–Crippen MR) is 107 cm³/mol. The maximum atomic E-state index is 12.1. The molecule has 0 bridgehead atoms. The third kappa shape index (κ3) is 10.9. The molecule has 0 unspecified atom stereocenters. The van der Waals surface area contributed by atoms with E-state index in [0.717, 1.165) is 25.8 Å². The van der Waals surface area contributed by atoms with Gasteiger partial charge < -0.3 is 10.0 Å². The highest BCUT2D eigenvalue weighted by molar-refractivity contribution is 5.76. The largest absolute Gasteiger partial charge is 0.394 e. The summed E-state index contributed by atoms with van der Waals surface area (Å²) >= 11 is 0. The van der Waals surface area contributed by atoms with Crippen LogP contribution < -0.4 is 0 Å². The minimum absolute atomic E-state index is 0.0964. The number of likely N-dealkylation sites (tertiary alicyclic amines) is 1. The molecule has 1 heterocycles. The first-order chi connectivity index (χ1) is 12.3. The molecule has 0 aromatic carbocycles. The molecule has 3 heteroatoms. The van der Waals surface area contributed by atoms with Crippen molar-refractivity contribution >= 4 is 5.91 Å². The van der Waals surface area contributed by atoms with Crippen LogP contribution in [-0.4, -0.2) is 35.1 Å². The summed E-state index contributed by atoms with van der Waals surface area (Å²) < 4.78 is 0. The van der Waals surface area contributed by atoms with Crippen molar-refractivity contribution in [2.45, 2.75) is 122 Å². The first-order valence-electron chi connectivity index (χ1n) is 11.2. The normalized spacial score (nSPS) is 17.4. The van der Waals surface area contributed by atoms with Crippen molar-refractivity contribution in [3.8, 4) is 0 Å². The molecule has 3 nitrogen and oxygen atoms in total. The van der Waals surface area contributed by atoms with E-state index >= 15 is 0 Å². The van der Waals surface area contributed by atoms with E-state index in [1.165, 1.54) is 83.5 Å². The van der Waals surface area contributed by atoms with Gasteiger partial charge in [-0.05, 0) is 19.3 Å². The number of amides is 1. The number of hydrogen-bond acceptors (Lipinski definition) is 2. The number of rotatable bonds is 16. The molecular weight excluding hydrogens is 310 g/mol. The molecule has 0 aliphatic carbocycles. The fraction of sp³-hybridized carbons (Fsp3) is 0.955. The molecule has 1 aliphatic rings. The third-order valence-corrected chi connectivity index (χ3v) is 5.65. The molecular formula is C22H43NO2. The summed E-state index contributed by atoms with van der Waals surface area (Å²) in [4.78, 5) is 14.1. The van der Waals surface area contributed by atoms with Crippen molar-refractivity contribution in [2.75, 3.05) is 13.2 Å². The Labute approximate surface area is 156 Å². The van der Waals surface area contributed by atoms with Crippen LogP contribution in [0.3, 0.4) is 0 Å². The molecule has 25 heavy (non-hydrogen) atoms. The van der Waals surface area contributed by atoms with Crippen molar-refractivity contribution in [1.82, 2.24) is 4.90 Å². The minimum Gasteiger partial charge on any atom is -0.394 e. The summed E-state index contributed by atoms with van der Waals surface area (Å²) in [5, 5.41) is 9.29. The van der Waals surface area contributed by atoms with Gasteiger partial charge in [0, 0.05) is 13.0 Å². The topological polar surface area (TPSA) is 40.5 Å². The summed E-state index contributed by atoms with van der Waals surface area (Å²) in [5.41, 5.74) is 0. The van der Waals surface area contributed by atoms with Crippen molar-refractivity contribution in [3.05, 3.63) is 0 Å². The van der Waals surface area contributed by atoms with Crippen LogP contribution in [0.2, 0.25) is 0 Å². The standard InChI is InChI=1S/C22H43NO2/c1-2-3-4-5-6-7-8-9-10-11-12-13-14-15-18-22(25)23-19-16-17-21(23)20-24/h21,24H,2-20H2,1H3/t21-/m0/s1. The first-order valence-corrected chi connectivity index (χ1v) is 11.2. The molecule has 0 spiro atoms. The predicted octanol–water partition coefficient (Wildman–Crippen LogP) is 5.84. The van der Waals surface area contributed by atoms with Gasteiger partial charge in [0.25, 0.3) is 0 Å². The zero-order valence-electron chi connectivity index (χ0n) is 16.8. The maximum absolute atomic E-state index is 12.1. The lowest BCUT2D eigenvalue weighted by Crippen LogP contribution is -2.37. The van der Waals surface area contributed by atoms with Gasteiger partial charge in [0.1, 0.15) is 0 Å². The Bertz CT molecular complexity index is 319. The lowest BCUT2D eigenvalue weighted by Gasteiger charge is -2.22. The average molecular weight is 354 g/mol. The zero-order valence-corrected chi connectivity index (χ0v) is 16.8. The molecule has 1 aliphatic heterocycles. The molecule has 0 radical (unpaired) electrons. The monoisotopic (exact) mass is 353 g/mol. The molecule has 148 valence electrons. The lowest BCUT2D eigenvalue weighted by atomic mass is 10.0. The van der Waals surface area contributed by atoms with E-state index in [2.05, 4.69) is 6.92 Å². The van der Waals surface area contributed by atoms with Crippen molar-refractivity contribution in [3.63, 3.8) is 0 Å². The van der Waals surface area contributed by atoms with Crippen LogP contribution in [0.5, 0.6) is 0 Å². The smallest absolute Gasteiger partial charge is 0.222 e. The van der Waals surface area contributed by atoms with Crippen LogP contribution in [0.1, 0.15) is 116 Å². The highest BCUT2D eigenvalue weighted by atomic mass is 16.3. The van der Waals surface area contributed by atoms with Crippen LogP contribution >= 0.6 is 0 Å². The Morgan fingerprint density at radius 3 is 1.80 bits per heavy atom. The molecule has 1 atom stereocenters. The van der Waals surface area contributed by atoms with Crippen LogP contribution in [0.25, 0.3) is 0 Å². The Hall–Kier alpha value is -0.570. The van der Waals surface area contributed by atoms with Gasteiger partial charge in [-0.2, -0.15) is 0 Å². The highest BCUT2D eigenvalue weighted by Gasteiger charge is 2.27. The second kappa shape index (κ2) is 15.7. The number of carbonyl (C=O) groups excluding carboxylic acids is 1. The molecule has 0 aromatic heterocycles. The van der Waals surface area contributed by atoms with E-state index in [9.17, 15) is 9.90 Å². The Morgan fingerprint density at radius 2 is 1.32 bits per heavy atom. The number of aliphatic hydroxyl groups is 1. The Balaban J connectivity index is 1.81. The SMILES string of the molecule is CCCCCCCCCCCCCCCCC(=O)N1CCC[C@H]1CO. The molecule has 1 N–H and O–H groups in total. The van der Waals surface area contributed by atoms with E-state index < -0.39 is 0 Å². The van der Waals surface area contributed by atoms with Gasteiger partial charge in [-0.3, -0.25) is 4.79 Å². The molecule has 1 rings (SSSR count). The number of unbranched alkanes of at least 4 members (excludes halogenated alkanes) is 13. The van der Waals surface area contributed by atoms with Crippen molar-refractivity contribution in [1.29, 1.82) is 0 Å². The quantitative estimate of drug-likeness (QED) is 0.354. The van der Waals surface area contributed by atoms with Gasteiger partial charge >= 0.3 is 0 Å². The first kappa shape index (κ1) is 22.5. The number of hydrogen-bond donors (Lipinski definition) is 1. The van der Waals surface area contributed by atoms with Gasteiger partial charge in [-0.25, -0.2) is 0 Å². The Kier molecular flexibility index (Phi) is 14.1. The van der Waals surface area contributed by atoms with E-state index in [4.69, 9.17) is 0 Å². The molecule has 1 saturated heterocycles. The van der Waals surface area contributed by atoms with Crippen LogP contribution in [0, 0.1) is 0 Å². The van der Waals surface area contributed by atoms with Crippen LogP contribution in [-0.2, 0) is 4.79 Å². The lowest BCUT2D eigenvalue weighted by molar-refractivity contribution is -0.132. The fourth-order valence-electron chi connectivity index (χ4n) is 3.97. The molecule has 0 aromatic rings. The van der Waals surface area contributed by atoms with Gasteiger partial charge in [0.2, 0.25) is 5.91 Å². The highest BCUT2D eigenvalue weighted by Crippen LogP contribution is 2.19. The number of carbonyl (C=O) groups is 1. The van der Waals surface area contributed by atoms with Gasteiger partial charge in [-0.15, -0.1) is 0 Å². The van der Waals surface area contributed by atoms with Gasteiger partial charge in [-0.1, -0.05) is 90.4 Å². The minimum atomic E-state index is 0.0964. The summed E-state index contributed by atoms with van der Waals surface area (Å²) in [6, 6.07) is 0.0964. The summed E-state index contributed by atoms with van der Waals surface area (Å²) in [6.07, 6.45) is 21.5. The van der Waals surface area contributed by atoms with E-state index in [1.807, 2.05) is 4.90 Å². The fourth-order valence-corrected chi connectivity index (χ4v) is 3.97. The van der Waals surface area contributed by atoms with Gasteiger partial charge in [0.15, 0.2) is 0 Å². The molecule has 1 fully saturated rings. The van der Waals surface area contributed by atoms with E-state index in [1.54, 1.807) is 0 Å². The Morgan fingerprint density at radius 1 is 0.840 bits per heavy atom. The van der Waals surface area contributed by atoms with Crippen molar-refractivity contribution < 1.29 is 9.90 Å². The second-order valence-corrected chi connectivity index (χ2v) is 7.91. The molecule has 0 saturated carbocycles. The number of nitrogens with zero attached hydrogens (tertiary/aromatic N) is 1. The number of aliphatic hydroxyl groups excluding tert-OH is 1. The second-order valence-electron chi connectivity index (χ2n) is 7.91. The van der Waals surface area contributed by atoms with E-state index in [-0.39, 0.29) is 18.6 Å². The summed E-state index contributed by atoms with van der Waals surface area (Å²) in [7, 11) is 0. The average Bonchev–Trinajstić information content (AvgIpc) is 3.10. The zero-order chi connectivity index (χ0) is 18.2. The van der Waals surface area contributed by atoms with E-state index in [0.29, 0.717) is 6.42 Å². The maximum Gasteiger partial charge on any atom is 0.222 e. The van der Waals surface area contributed by atoms with Crippen LogP contribution in [0.4, 0.5) is 0 Å². The van der Waals surface area contributed by atoms with Crippen molar-refractivity contribution in [2.24, 2.45) is 0 Å². The third-order valence-electron chi connectivity index (χ3n) is 5.65. The summed E-state index contributed by atoms with van der Waals surface area (Å²) in [5.74, 6) is 0.260. The van der Waals surface area contributed by atoms with Gasteiger partial charge in [0.05, 0.1) is 12.6 Å². The summed E-state index contributed by atoms with van der Waals surface area (Å²) in [6.45, 7) is 3.26.